The third-order valence-corrected chi connectivity index (χ3v) is 7.45. The maximum absolute atomic E-state index is 12.8. The van der Waals surface area contributed by atoms with Crippen LogP contribution in [0.1, 0.15) is 12.5 Å². The van der Waals surface area contributed by atoms with Crippen LogP contribution < -0.4 is 10.0 Å². The van der Waals surface area contributed by atoms with Crippen molar-refractivity contribution in [1.29, 1.82) is 0 Å². The Balaban J connectivity index is 1.67. The third kappa shape index (κ3) is 4.49. The minimum absolute atomic E-state index is 0.222. The number of carbonyl (C=O) groups is 1. The largest absolute Gasteiger partial charge is 0.461 e. The van der Waals surface area contributed by atoms with Crippen LogP contribution in [0.3, 0.4) is 0 Å². The van der Waals surface area contributed by atoms with Crippen LogP contribution in [0.4, 0.5) is 11.4 Å². The van der Waals surface area contributed by atoms with Gasteiger partial charge in [-0.05, 0) is 67.2 Å². The van der Waals surface area contributed by atoms with Gasteiger partial charge in [-0.3, -0.25) is 0 Å². The molecule has 35 heavy (non-hydrogen) atoms. The number of halogens is 2. The SMILES string of the molecule is CCOC(=O)C1=NN(c2ccccc2Cl)[C@@]2(C=CC(c3ccc(Br)cc3)=NN2c2ccccc2)S1. The number of allylic oxidation sites excluding steroid dienone is 1. The lowest BCUT2D eigenvalue weighted by molar-refractivity contribution is -0.134. The second-order valence-electron chi connectivity index (χ2n) is 7.62. The zero-order chi connectivity index (χ0) is 24.4. The van der Waals surface area contributed by atoms with Gasteiger partial charge in [0.25, 0.3) is 0 Å². The van der Waals surface area contributed by atoms with Gasteiger partial charge in [-0.2, -0.15) is 10.2 Å². The molecule has 0 saturated carbocycles. The molecule has 9 heteroatoms. The lowest BCUT2D eigenvalue weighted by Crippen LogP contribution is -2.53. The number of nitrogens with zero attached hydrogens (tertiary/aromatic N) is 4. The summed E-state index contributed by atoms with van der Waals surface area (Å²) in [6.45, 7) is 2.02. The number of thioether (sulfide) groups is 1. The molecular formula is C26H20BrClN4O2S. The molecule has 0 radical (unpaired) electrons. The monoisotopic (exact) mass is 566 g/mol. The first kappa shape index (κ1) is 23.7. The highest BCUT2D eigenvalue weighted by molar-refractivity contribution is 9.10. The van der Waals surface area contributed by atoms with E-state index in [4.69, 9.17) is 21.4 Å². The van der Waals surface area contributed by atoms with Crippen LogP contribution in [0.2, 0.25) is 5.02 Å². The fourth-order valence-corrected chi connectivity index (χ4v) is 5.41. The fourth-order valence-electron chi connectivity index (χ4n) is 3.79. The van der Waals surface area contributed by atoms with Gasteiger partial charge in [0.1, 0.15) is 0 Å². The van der Waals surface area contributed by atoms with Gasteiger partial charge in [0.2, 0.25) is 10.0 Å². The Bertz CT molecular complexity index is 1350. The van der Waals surface area contributed by atoms with E-state index >= 15 is 0 Å². The van der Waals surface area contributed by atoms with Gasteiger partial charge < -0.3 is 4.74 Å². The van der Waals surface area contributed by atoms with Gasteiger partial charge in [-0.1, -0.05) is 70.0 Å². The van der Waals surface area contributed by atoms with Crippen LogP contribution in [0.25, 0.3) is 0 Å². The smallest absolute Gasteiger partial charge is 0.365 e. The van der Waals surface area contributed by atoms with Gasteiger partial charge in [-0.15, -0.1) is 0 Å². The Kier molecular flexibility index (Phi) is 6.69. The summed E-state index contributed by atoms with van der Waals surface area (Å²) in [5.41, 5.74) is 3.21. The second kappa shape index (κ2) is 9.89. The minimum Gasteiger partial charge on any atom is -0.461 e. The molecule has 5 rings (SSSR count). The molecule has 0 fully saturated rings. The number of carbonyl (C=O) groups excluding carboxylic acids is 1. The Morgan fingerprint density at radius 1 is 1.00 bits per heavy atom. The molecule has 0 amide bonds. The van der Waals surface area contributed by atoms with Crippen LogP contribution >= 0.6 is 39.3 Å². The molecule has 0 unspecified atom stereocenters. The molecule has 2 aliphatic heterocycles. The van der Waals surface area contributed by atoms with Crippen LogP contribution in [0.5, 0.6) is 0 Å². The molecule has 3 aromatic rings. The molecule has 2 heterocycles. The molecule has 0 N–H and O–H groups in total. The first-order chi connectivity index (χ1) is 17.0. The van der Waals surface area contributed by atoms with Gasteiger partial charge in [0.15, 0.2) is 0 Å². The quantitative estimate of drug-likeness (QED) is 0.323. The van der Waals surface area contributed by atoms with Crippen molar-refractivity contribution in [2.45, 2.75) is 11.9 Å². The highest BCUT2D eigenvalue weighted by Crippen LogP contribution is 2.49. The van der Waals surface area contributed by atoms with E-state index in [0.717, 1.165) is 21.4 Å². The fraction of sp³-hybridized carbons (Fsp3) is 0.115. The predicted octanol–water partition coefficient (Wildman–Crippen LogP) is 6.67. The van der Waals surface area contributed by atoms with Gasteiger partial charge >= 0.3 is 5.97 Å². The summed E-state index contributed by atoms with van der Waals surface area (Å²) in [4.78, 5) is 11.8. The standard InChI is InChI=1S/C26H20BrClN4O2S/c1-2-34-25(33)24-30-32(23-11-7-6-10-21(23)28)26(35-24)17-16-22(18-12-14-19(27)15-13-18)29-31(26)20-8-4-3-5-9-20/h3-17H,2H2,1H3/t26-/m0/s1. The molecule has 2 aliphatic rings. The number of hydrazone groups is 2. The molecular weight excluding hydrogens is 548 g/mol. The molecule has 3 aromatic carbocycles. The molecule has 0 aromatic heterocycles. The topological polar surface area (TPSA) is 57.5 Å². The maximum atomic E-state index is 12.8. The van der Waals surface area contributed by atoms with E-state index in [0.29, 0.717) is 10.7 Å². The molecule has 0 saturated heterocycles. The first-order valence-electron chi connectivity index (χ1n) is 10.9. The lowest BCUT2D eigenvalue weighted by atomic mass is 10.1. The molecule has 176 valence electrons. The minimum atomic E-state index is -1.02. The van der Waals surface area contributed by atoms with Crippen molar-refractivity contribution < 1.29 is 9.53 Å². The summed E-state index contributed by atoms with van der Waals surface area (Å²) in [7, 11) is 0. The molecule has 6 nitrogen and oxygen atoms in total. The summed E-state index contributed by atoms with van der Waals surface area (Å²) >= 11 is 11.4. The van der Waals surface area contributed by atoms with Crippen LogP contribution in [0.15, 0.2) is 106 Å². The Labute approximate surface area is 221 Å². The summed E-state index contributed by atoms with van der Waals surface area (Å²) in [6.07, 6.45) is 3.94. The van der Waals surface area contributed by atoms with Gasteiger partial charge in [-0.25, -0.2) is 14.8 Å². The Morgan fingerprint density at radius 3 is 2.43 bits per heavy atom. The van der Waals surface area contributed by atoms with E-state index in [1.807, 2.05) is 90.0 Å². The summed E-state index contributed by atoms with van der Waals surface area (Å²) in [5, 5.41) is 14.1. The molecule has 0 aliphatic carbocycles. The van der Waals surface area contributed by atoms with Gasteiger partial charge in [0, 0.05) is 10.0 Å². The first-order valence-corrected chi connectivity index (χ1v) is 12.9. The van der Waals surface area contributed by atoms with Crippen molar-refractivity contribution in [2.75, 3.05) is 16.6 Å². The lowest BCUT2D eigenvalue weighted by Gasteiger charge is -2.43. The van der Waals surface area contributed by atoms with Crippen LogP contribution in [0, 0.1) is 0 Å². The number of para-hydroxylation sites is 2. The van der Waals surface area contributed by atoms with E-state index in [2.05, 4.69) is 21.0 Å². The van der Waals surface area contributed by atoms with Crippen molar-refractivity contribution >= 4 is 67.4 Å². The molecule has 1 atom stereocenters. The van der Waals surface area contributed by atoms with E-state index in [1.165, 1.54) is 11.8 Å². The second-order valence-corrected chi connectivity index (χ2v) is 10.1. The molecule has 1 spiro atoms. The van der Waals surface area contributed by atoms with Crippen molar-refractivity contribution in [3.8, 4) is 0 Å². The predicted molar refractivity (Wildman–Crippen MR) is 147 cm³/mol. The van der Waals surface area contributed by atoms with Crippen molar-refractivity contribution in [1.82, 2.24) is 0 Å². The average molecular weight is 568 g/mol. The van der Waals surface area contributed by atoms with E-state index in [9.17, 15) is 4.79 Å². The number of hydrogen-bond donors (Lipinski definition) is 0. The third-order valence-electron chi connectivity index (χ3n) is 5.38. The maximum Gasteiger partial charge on any atom is 0.365 e. The number of rotatable bonds is 5. The number of anilines is 2. The highest BCUT2D eigenvalue weighted by Gasteiger charge is 2.52. The van der Waals surface area contributed by atoms with Crippen LogP contribution in [-0.2, 0) is 9.53 Å². The zero-order valence-electron chi connectivity index (χ0n) is 18.6. The Morgan fingerprint density at radius 2 is 1.71 bits per heavy atom. The Hall–Kier alpha value is -3.07. The number of benzene rings is 3. The van der Waals surface area contributed by atoms with Crippen molar-refractivity contribution in [2.24, 2.45) is 10.2 Å². The number of esters is 1. The highest BCUT2D eigenvalue weighted by atomic mass is 79.9. The average Bonchev–Trinajstić information content (AvgIpc) is 3.25. The zero-order valence-corrected chi connectivity index (χ0v) is 21.8. The van der Waals surface area contributed by atoms with Gasteiger partial charge in [0.05, 0.1) is 28.7 Å². The summed E-state index contributed by atoms with van der Waals surface area (Å²) in [6, 6.07) is 25.1. The summed E-state index contributed by atoms with van der Waals surface area (Å²) < 4.78 is 6.27. The van der Waals surface area contributed by atoms with Crippen LogP contribution in [-0.4, -0.2) is 28.3 Å². The number of hydrogen-bond acceptors (Lipinski definition) is 7. The van der Waals surface area contributed by atoms with E-state index in [-0.39, 0.29) is 11.7 Å². The van der Waals surface area contributed by atoms with Crippen molar-refractivity contribution in [3.63, 3.8) is 0 Å². The van der Waals surface area contributed by atoms with Crippen molar-refractivity contribution in [3.05, 3.63) is 106 Å². The van der Waals surface area contributed by atoms with E-state index < -0.39 is 11.0 Å². The molecule has 0 bridgehead atoms. The number of ether oxygens (including phenoxy) is 1. The normalized spacial score (nSPS) is 19.1. The summed E-state index contributed by atoms with van der Waals surface area (Å²) in [5.74, 6) is -0.490. The van der Waals surface area contributed by atoms with E-state index in [1.54, 1.807) is 18.0 Å².